The van der Waals surface area contributed by atoms with Gasteiger partial charge in [0.05, 0.1) is 4.47 Å². The van der Waals surface area contributed by atoms with Gasteiger partial charge in [0.1, 0.15) is 12.4 Å². The van der Waals surface area contributed by atoms with Gasteiger partial charge in [-0.25, -0.2) is 0 Å². The van der Waals surface area contributed by atoms with Gasteiger partial charge in [-0.15, -0.1) is 12.4 Å². The fourth-order valence-corrected chi connectivity index (χ4v) is 2.80. The molecule has 5 heteroatoms. The summed E-state index contributed by atoms with van der Waals surface area (Å²) in [6.45, 7) is 6.94. The fraction of sp³-hybridized carbons (Fsp3) is 0.368. The zero-order chi connectivity index (χ0) is 16.7. The van der Waals surface area contributed by atoms with Crippen LogP contribution >= 0.6 is 39.9 Å². The van der Waals surface area contributed by atoms with E-state index in [0.29, 0.717) is 6.61 Å². The van der Waals surface area contributed by atoms with Crippen molar-refractivity contribution in [2.24, 2.45) is 5.92 Å². The highest BCUT2D eigenvalue weighted by Crippen LogP contribution is 2.27. The number of hydrogen-bond acceptors (Lipinski definition) is 2. The van der Waals surface area contributed by atoms with E-state index in [1.807, 2.05) is 30.3 Å². The summed E-state index contributed by atoms with van der Waals surface area (Å²) in [7, 11) is 0. The number of nitrogens with one attached hydrogen (secondary N) is 1. The Morgan fingerprint density at radius 1 is 1.08 bits per heavy atom. The van der Waals surface area contributed by atoms with Gasteiger partial charge in [-0.3, -0.25) is 0 Å². The van der Waals surface area contributed by atoms with Gasteiger partial charge in [0, 0.05) is 11.6 Å². The molecule has 2 nitrogen and oxygen atoms in total. The Morgan fingerprint density at radius 3 is 2.38 bits per heavy atom. The van der Waals surface area contributed by atoms with Gasteiger partial charge >= 0.3 is 0 Å². The molecule has 0 aliphatic carbocycles. The molecule has 2 aromatic rings. The van der Waals surface area contributed by atoms with Crippen molar-refractivity contribution in [3.63, 3.8) is 0 Å². The van der Waals surface area contributed by atoms with Crippen molar-refractivity contribution >= 4 is 39.9 Å². The first-order valence-corrected chi connectivity index (χ1v) is 9.08. The molecule has 0 amide bonds. The van der Waals surface area contributed by atoms with Crippen molar-refractivity contribution in [2.75, 3.05) is 6.54 Å². The lowest BCUT2D eigenvalue weighted by atomic mass is 10.1. The van der Waals surface area contributed by atoms with Gasteiger partial charge in [-0.05, 0) is 70.2 Å². The molecule has 0 radical (unpaired) electrons. The molecule has 0 aliphatic rings. The topological polar surface area (TPSA) is 21.3 Å². The lowest BCUT2D eigenvalue weighted by molar-refractivity contribution is 0.304. The number of ether oxygens (including phenoxy) is 1. The molecule has 0 fully saturated rings. The third-order valence-corrected chi connectivity index (χ3v) is 4.40. The largest absolute Gasteiger partial charge is 0.488 e. The second-order valence-corrected chi connectivity index (χ2v) is 7.33. The summed E-state index contributed by atoms with van der Waals surface area (Å²) < 4.78 is 6.85. The third-order valence-electron chi connectivity index (χ3n) is 3.53. The zero-order valence-corrected chi connectivity index (χ0v) is 17.2. The van der Waals surface area contributed by atoms with Crippen LogP contribution in [0.15, 0.2) is 46.9 Å². The standard InChI is InChI=1S/C19H23BrClNO.ClH/c1-14(2)9-10-22-12-16-5-8-19(18(20)11-16)23-13-15-3-6-17(21)7-4-15;/h3-8,11,14,22H,9-10,12-13H2,1-2H3;1H. The van der Waals surface area contributed by atoms with Crippen molar-refractivity contribution in [3.05, 3.63) is 63.1 Å². The van der Waals surface area contributed by atoms with Crippen molar-refractivity contribution in [2.45, 2.75) is 33.4 Å². The van der Waals surface area contributed by atoms with Crippen LogP contribution in [0.2, 0.25) is 5.02 Å². The number of halogens is 3. The van der Waals surface area contributed by atoms with Crippen LogP contribution in [0.1, 0.15) is 31.4 Å². The van der Waals surface area contributed by atoms with Crippen molar-refractivity contribution in [1.82, 2.24) is 5.32 Å². The van der Waals surface area contributed by atoms with Gasteiger partial charge in [0.2, 0.25) is 0 Å². The second kappa shape index (κ2) is 11.0. The minimum atomic E-state index is 0. The Morgan fingerprint density at radius 2 is 1.75 bits per heavy atom. The Hall–Kier alpha value is -0.740. The van der Waals surface area contributed by atoms with E-state index >= 15 is 0 Å². The molecule has 0 aliphatic heterocycles. The van der Waals surface area contributed by atoms with Crippen LogP contribution < -0.4 is 10.1 Å². The van der Waals surface area contributed by atoms with E-state index in [9.17, 15) is 0 Å². The van der Waals surface area contributed by atoms with E-state index in [1.54, 1.807) is 0 Å². The number of hydrogen-bond donors (Lipinski definition) is 1. The Bertz CT molecular complexity index is 617. The maximum atomic E-state index is 5.89. The van der Waals surface area contributed by atoms with E-state index in [-0.39, 0.29) is 12.4 Å². The summed E-state index contributed by atoms with van der Waals surface area (Å²) in [5.41, 5.74) is 2.35. The van der Waals surface area contributed by atoms with Gasteiger partial charge < -0.3 is 10.1 Å². The summed E-state index contributed by atoms with van der Waals surface area (Å²) >= 11 is 9.48. The molecule has 1 N–H and O–H groups in total. The molecule has 2 rings (SSSR count). The van der Waals surface area contributed by atoms with Gasteiger partial charge in [-0.2, -0.15) is 0 Å². The van der Waals surface area contributed by atoms with Crippen LogP contribution in [0.3, 0.4) is 0 Å². The van der Waals surface area contributed by atoms with E-state index < -0.39 is 0 Å². The quantitative estimate of drug-likeness (QED) is 0.498. The van der Waals surface area contributed by atoms with Crippen molar-refractivity contribution in [3.8, 4) is 5.75 Å². The first kappa shape index (κ1) is 21.3. The summed E-state index contributed by atoms with van der Waals surface area (Å²) in [4.78, 5) is 0. The molecule has 0 aromatic heterocycles. The van der Waals surface area contributed by atoms with E-state index in [4.69, 9.17) is 16.3 Å². The van der Waals surface area contributed by atoms with Crippen LogP contribution in [0.4, 0.5) is 0 Å². The molecule has 0 bridgehead atoms. The summed E-state index contributed by atoms with van der Waals surface area (Å²) in [6.07, 6.45) is 1.20. The molecule has 132 valence electrons. The summed E-state index contributed by atoms with van der Waals surface area (Å²) in [6, 6.07) is 13.9. The Labute approximate surface area is 164 Å². The average molecular weight is 433 g/mol. The minimum Gasteiger partial charge on any atom is -0.488 e. The maximum absolute atomic E-state index is 5.89. The summed E-state index contributed by atoms with van der Waals surface area (Å²) in [5.74, 6) is 1.59. The molecular formula is C19H24BrCl2NO. The van der Waals surface area contributed by atoms with Crippen LogP contribution in [-0.4, -0.2) is 6.54 Å². The molecule has 24 heavy (non-hydrogen) atoms. The molecule has 0 saturated heterocycles. The van der Waals surface area contributed by atoms with E-state index in [1.165, 1.54) is 12.0 Å². The number of rotatable bonds is 8. The minimum absolute atomic E-state index is 0. The monoisotopic (exact) mass is 431 g/mol. The van der Waals surface area contributed by atoms with Gasteiger partial charge in [-0.1, -0.05) is 43.6 Å². The van der Waals surface area contributed by atoms with Crippen LogP contribution in [-0.2, 0) is 13.2 Å². The predicted molar refractivity (Wildman–Crippen MR) is 108 cm³/mol. The molecule has 0 unspecified atom stereocenters. The molecule has 0 saturated carbocycles. The first-order chi connectivity index (χ1) is 11.0. The molecule has 2 aromatic carbocycles. The molecule has 0 atom stereocenters. The zero-order valence-electron chi connectivity index (χ0n) is 14.0. The van der Waals surface area contributed by atoms with Crippen LogP contribution in [0.5, 0.6) is 5.75 Å². The molecule has 0 heterocycles. The molecule has 0 spiro atoms. The fourth-order valence-electron chi connectivity index (χ4n) is 2.14. The predicted octanol–water partition coefficient (Wildman–Crippen LogP) is 6.24. The highest BCUT2D eigenvalue weighted by molar-refractivity contribution is 9.10. The van der Waals surface area contributed by atoms with Crippen molar-refractivity contribution in [1.29, 1.82) is 0 Å². The Kier molecular flexibility index (Phi) is 9.75. The third kappa shape index (κ3) is 7.43. The lowest BCUT2D eigenvalue weighted by Gasteiger charge is -2.11. The average Bonchev–Trinajstić information content (AvgIpc) is 2.52. The summed E-state index contributed by atoms with van der Waals surface area (Å²) in [5, 5.41) is 4.21. The van der Waals surface area contributed by atoms with Crippen LogP contribution in [0, 0.1) is 5.92 Å². The smallest absolute Gasteiger partial charge is 0.134 e. The Balaban J connectivity index is 0.00000288. The normalized spacial score (nSPS) is 10.5. The van der Waals surface area contributed by atoms with Gasteiger partial charge in [0.25, 0.3) is 0 Å². The highest BCUT2D eigenvalue weighted by atomic mass is 79.9. The van der Waals surface area contributed by atoms with Gasteiger partial charge in [0.15, 0.2) is 0 Å². The SMILES string of the molecule is CC(C)CCNCc1ccc(OCc2ccc(Cl)cc2)c(Br)c1.Cl. The van der Waals surface area contributed by atoms with Crippen molar-refractivity contribution < 1.29 is 4.74 Å². The lowest BCUT2D eigenvalue weighted by Crippen LogP contribution is -2.16. The number of benzene rings is 2. The second-order valence-electron chi connectivity index (χ2n) is 6.04. The van der Waals surface area contributed by atoms with E-state index in [2.05, 4.69) is 47.2 Å². The maximum Gasteiger partial charge on any atom is 0.134 e. The molecular weight excluding hydrogens is 409 g/mol. The van der Waals surface area contributed by atoms with E-state index in [0.717, 1.165) is 39.8 Å². The first-order valence-electron chi connectivity index (χ1n) is 7.91. The highest BCUT2D eigenvalue weighted by Gasteiger charge is 2.04. The van der Waals surface area contributed by atoms with Crippen LogP contribution in [0.25, 0.3) is 0 Å².